The molecule has 0 unspecified atom stereocenters. The van der Waals surface area contributed by atoms with E-state index in [1.54, 1.807) is 0 Å². The Morgan fingerprint density at radius 3 is 0.917 bits per heavy atom. The monoisotopic (exact) mass is 298 g/mol. The van der Waals surface area contributed by atoms with Crippen molar-refractivity contribution in [2.45, 2.75) is 0 Å². The van der Waals surface area contributed by atoms with Crippen LogP contribution in [0.4, 0.5) is 0 Å². The van der Waals surface area contributed by atoms with Crippen molar-refractivity contribution in [1.29, 1.82) is 0 Å². The average molecular weight is 299 g/mol. The van der Waals surface area contributed by atoms with Gasteiger partial charge in [0, 0.05) is 20.4 Å². The molecule has 4 N–H and O–H groups in total. The molecule has 0 aliphatic heterocycles. The molecule has 76 valence electrons. The van der Waals surface area contributed by atoms with Crippen LogP contribution in [0.15, 0.2) is 0 Å². The summed E-state index contributed by atoms with van der Waals surface area (Å²) in [5.41, 5.74) is 0. The molecule has 0 bridgehead atoms. The van der Waals surface area contributed by atoms with Crippen molar-refractivity contribution in [2.75, 3.05) is 0 Å². The number of rotatable bonds is 0. The molecule has 0 atom stereocenters. The number of hydrogen-bond acceptors (Lipinski definition) is 4. The van der Waals surface area contributed by atoms with Gasteiger partial charge < -0.3 is 0 Å². The van der Waals surface area contributed by atoms with E-state index in [-0.39, 0.29) is 31.1 Å². The molecule has 0 aromatic rings. The third kappa shape index (κ3) is 1450. The van der Waals surface area contributed by atoms with E-state index >= 15 is 0 Å². The van der Waals surface area contributed by atoms with Gasteiger partial charge >= 0.3 is 10.4 Å². The molecule has 0 amide bonds. The third-order valence-corrected chi connectivity index (χ3v) is 0. The molecule has 2 radical (unpaired) electrons. The van der Waals surface area contributed by atoms with E-state index in [2.05, 4.69) is 0 Å². The van der Waals surface area contributed by atoms with Crippen LogP contribution in [0.5, 0.6) is 0 Å². The molecule has 12 heteroatoms. The third-order valence-electron chi connectivity index (χ3n) is 0. The quantitative estimate of drug-likeness (QED) is 0.200. The van der Waals surface area contributed by atoms with Crippen LogP contribution in [0.25, 0.3) is 0 Å². The Bertz CT molecular complexity index is 157. The second kappa shape index (κ2) is 16.7. The van der Waals surface area contributed by atoms with Gasteiger partial charge in [0.2, 0.25) is 0 Å². The molecule has 0 aromatic heterocycles. The number of nitrogens with one attached hydrogen (secondary N) is 2. The van der Waals surface area contributed by atoms with E-state index in [0.29, 0.717) is 0 Å². The van der Waals surface area contributed by atoms with Crippen LogP contribution in [0.3, 0.4) is 0 Å². The van der Waals surface area contributed by atoms with Crippen LogP contribution in [-0.2, 0) is 41.2 Å². The fourth-order valence-corrected chi connectivity index (χ4v) is 0. The average Bonchev–Trinajstić information content (AvgIpc) is 1.62. The minimum absolute atomic E-state index is 0. The maximum Gasteiger partial charge on any atom is 0.394 e. The van der Waals surface area contributed by atoms with Crippen LogP contribution in [0.1, 0.15) is 0 Å². The molecule has 0 heterocycles. The first kappa shape index (κ1) is 22.5. The minimum Gasteiger partial charge on any atom is -0.264 e. The Morgan fingerprint density at radius 2 is 0.917 bits per heavy atom. The van der Waals surface area contributed by atoms with Crippen LogP contribution in [-0.4, -0.2) is 17.5 Å². The summed E-state index contributed by atoms with van der Waals surface area (Å²) in [4.78, 5) is 16.2. The van der Waals surface area contributed by atoms with Crippen molar-refractivity contribution < 1.29 is 59.0 Å². The van der Waals surface area contributed by atoms with Gasteiger partial charge in [-0.15, -0.1) is 0 Å². The van der Waals surface area contributed by atoms with Crippen LogP contribution in [0, 0.1) is 9.81 Å². The molecular formula is H4N2O8PdS+2. The molecule has 0 aromatic carbocycles. The number of hydrogen-bond donors (Lipinski definition) is 4. The predicted octanol–water partition coefficient (Wildman–Crippen LogP) is -4.30. The topological polar surface area (TPSA) is 176 Å². The maximum atomic E-state index is 8.74. The van der Waals surface area contributed by atoms with Crippen molar-refractivity contribution in [1.82, 2.24) is 0 Å². The molecule has 0 saturated carbocycles. The summed E-state index contributed by atoms with van der Waals surface area (Å²) in [5.74, 6) is 0. The first-order chi connectivity index (χ1) is 4.83. The van der Waals surface area contributed by atoms with E-state index in [0.717, 1.165) is 0 Å². The predicted molar refractivity (Wildman–Crippen MR) is 24.2 cm³/mol. The van der Waals surface area contributed by atoms with Gasteiger partial charge in [0.15, 0.2) is 0 Å². The summed E-state index contributed by atoms with van der Waals surface area (Å²) in [5, 5.41) is 16.8. The van der Waals surface area contributed by atoms with Crippen molar-refractivity contribution in [2.24, 2.45) is 0 Å². The van der Waals surface area contributed by atoms with Crippen LogP contribution in [0.2, 0.25) is 0 Å². The molecule has 0 rings (SSSR count). The Kier molecular flexibility index (Phi) is 31.4. The zero-order valence-corrected chi connectivity index (χ0v) is 7.44. The van der Waals surface area contributed by atoms with Gasteiger partial charge in [-0.1, -0.05) is 0 Å². The molecule has 0 fully saturated rings. The maximum absolute atomic E-state index is 8.74. The smallest absolute Gasteiger partial charge is 0.264 e. The summed E-state index contributed by atoms with van der Waals surface area (Å²) in [6, 6.07) is 0. The van der Waals surface area contributed by atoms with Crippen molar-refractivity contribution in [3.8, 4) is 0 Å². The van der Waals surface area contributed by atoms with Crippen molar-refractivity contribution in [3.63, 3.8) is 0 Å². The Hall–Kier alpha value is -0.668. The summed E-state index contributed by atoms with van der Waals surface area (Å²) in [7, 11) is -4.67. The Morgan fingerprint density at radius 1 is 0.917 bits per heavy atom. The SMILES string of the molecule is O=S(=O)(O)O.[O][NH+]=O.[O][NH+]=O.[Pd]. The Labute approximate surface area is 79.7 Å². The van der Waals surface area contributed by atoms with Gasteiger partial charge in [-0.2, -0.15) is 8.42 Å². The molecule has 0 aliphatic rings. The second-order valence-electron chi connectivity index (χ2n) is 0.615. The van der Waals surface area contributed by atoms with E-state index < -0.39 is 10.4 Å². The largest absolute Gasteiger partial charge is 0.394 e. The van der Waals surface area contributed by atoms with Crippen LogP contribution >= 0.6 is 0 Å². The van der Waals surface area contributed by atoms with Gasteiger partial charge in [-0.3, -0.25) is 9.11 Å². The summed E-state index contributed by atoms with van der Waals surface area (Å²) in [6.07, 6.45) is 0. The molecular weight excluding hydrogens is 294 g/mol. The summed E-state index contributed by atoms with van der Waals surface area (Å²) >= 11 is 0. The van der Waals surface area contributed by atoms with E-state index in [1.807, 2.05) is 0 Å². The molecule has 0 aliphatic carbocycles. The van der Waals surface area contributed by atoms with Gasteiger partial charge in [0.05, 0.1) is 20.2 Å². The van der Waals surface area contributed by atoms with E-state index in [1.165, 1.54) is 0 Å². The molecule has 10 nitrogen and oxygen atoms in total. The van der Waals surface area contributed by atoms with E-state index in [4.69, 9.17) is 37.8 Å². The second-order valence-corrected chi connectivity index (χ2v) is 1.51. The Balaban J connectivity index is -0.0000000406. The van der Waals surface area contributed by atoms with E-state index in [9.17, 15) is 0 Å². The van der Waals surface area contributed by atoms with Crippen molar-refractivity contribution in [3.05, 3.63) is 9.81 Å². The van der Waals surface area contributed by atoms with Gasteiger partial charge in [-0.25, -0.2) is 0 Å². The van der Waals surface area contributed by atoms with Gasteiger partial charge in [-0.05, 0) is 0 Å². The first-order valence-electron chi connectivity index (χ1n) is 1.51. The van der Waals surface area contributed by atoms with Gasteiger partial charge in [0.25, 0.3) is 10.7 Å². The summed E-state index contributed by atoms with van der Waals surface area (Å²) in [6.45, 7) is 0. The summed E-state index contributed by atoms with van der Waals surface area (Å²) < 4.78 is 31.6. The fraction of sp³-hybridized carbons (Fsp3) is 0. The molecule has 12 heavy (non-hydrogen) atoms. The minimum atomic E-state index is -4.67. The normalized spacial score (nSPS) is 6.83. The zero-order valence-electron chi connectivity index (χ0n) is 5.07. The fourth-order valence-electron chi connectivity index (χ4n) is 0. The van der Waals surface area contributed by atoms with Crippen molar-refractivity contribution >= 4 is 10.4 Å². The zero-order chi connectivity index (χ0) is 9.91. The first-order valence-corrected chi connectivity index (χ1v) is 2.91. The standard InChI is InChI=1S/2HNO2.H2O4S.Pd/c2*2-1-3;1-5(2,3)4;/h2*1H;(H2,1,2,3,4);/q2*+1;;. The van der Waals surface area contributed by atoms with Crippen LogP contribution < -0.4 is 10.7 Å². The molecule has 0 spiro atoms. The van der Waals surface area contributed by atoms with Gasteiger partial charge in [0.1, 0.15) is 0 Å². The molecule has 0 saturated heterocycles.